The molecule has 1 saturated heterocycles. The monoisotopic (exact) mass is 142 g/mol. The molecule has 56 valence electrons. The predicted octanol–water partition coefficient (Wildman–Crippen LogP) is -0.522. The summed E-state index contributed by atoms with van der Waals surface area (Å²) in [5.74, 6) is 2.29. The number of aliphatic hydroxyl groups excluding tert-OH is 2. The summed E-state index contributed by atoms with van der Waals surface area (Å²) >= 11 is 0. The van der Waals surface area contributed by atoms with E-state index in [1.165, 1.54) is 0 Å². The lowest BCUT2D eigenvalue weighted by molar-refractivity contribution is -0.116. The number of rotatable bonds is 0. The van der Waals surface area contributed by atoms with Crippen LogP contribution in [0.1, 0.15) is 13.3 Å². The molecule has 1 rings (SSSR count). The fourth-order valence-electron chi connectivity index (χ4n) is 0.955. The number of aliphatic hydroxyl groups is 2. The van der Waals surface area contributed by atoms with Crippen molar-refractivity contribution in [2.45, 2.75) is 31.3 Å². The quantitative estimate of drug-likeness (QED) is 0.447. The van der Waals surface area contributed by atoms with Gasteiger partial charge in [-0.25, -0.2) is 0 Å². The minimum absolute atomic E-state index is 0.195. The molecule has 1 aliphatic rings. The first-order chi connectivity index (χ1) is 4.58. The fraction of sp³-hybridized carbons (Fsp3) is 0.714. The van der Waals surface area contributed by atoms with Gasteiger partial charge in [-0.3, -0.25) is 0 Å². The van der Waals surface area contributed by atoms with Crippen LogP contribution >= 0.6 is 0 Å². The van der Waals surface area contributed by atoms with Gasteiger partial charge in [0.1, 0.15) is 0 Å². The molecule has 0 amide bonds. The van der Waals surface area contributed by atoms with Gasteiger partial charge in [-0.1, -0.05) is 5.92 Å². The minimum atomic E-state index is -1.00. The lowest BCUT2D eigenvalue weighted by Gasteiger charge is -2.19. The van der Waals surface area contributed by atoms with E-state index in [0.717, 1.165) is 0 Å². The van der Waals surface area contributed by atoms with E-state index in [9.17, 15) is 5.11 Å². The van der Waals surface area contributed by atoms with Crippen LogP contribution in [0, 0.1) is 12.3 Å². The maximum absolute atomic E-state index is 9.19. The fourth-order valence-corrected chi connectivity index (χ4v) is 0.955. The van der Waals surface area contributed by atoms with Gasteiger partial charge < -0.3 is 14.9 Å². The first kappa shape index (κ1) is 7.55. The molecule has 0 aromatic rings. The summed E-state index contributed by atoms with van der Waals surface area (Å²) in [5, 5.41) is 18.1. The molecule has 2 N–H and O–H groups in total. The molecule has 1 fully saturated rings. The Kier molecular flexibility index (Phi) is 1.69. The van der Waals surface area contributed by atoms with E-state index in [-0.39, 0.29) is 6.42 Å². The van der Waals surface area contributed by atoms with E-state index in [2.05, 4.69) is 5.92 Å². The Balaban J connectivity index is 2.73. The molecular weight excluding hydrogens is 132 g/mol. The first-order valence-corrected chi connectivity index (χ1v) is 3.10. The molecule has 1 unspecified atom stereocenters. The molecule has 1 heterocycles. The Hall–Kier alpha value is -0.560. The minimum Gasteiger partial charge on any atom is -0.389 e. The molecule has 0 aliphatic carbocycles. The van der Waals surface area contributed by atoms with Crippen LogP contribution in [-0.2, 0) is 4.74 Å². The van der Waals surface area contributed by atoms with Gasteiger partial charge >= 0.3 is 0 Å². The van der Waals surface area contributed by atoms with Gasteiger partial charge in [-0.15, -0.1) is 6.42 Å². The average Bonchev–Trinajstić information content (AvgIpc) is 2.09. The molecule has 10 heavy (non-hydrogen) atoms. The first-order valence-electron chi connectivity index (χ1n) is 3.10. The van der Waals surface area contributed by atoms with Crippen LogP contribution in [0.15, 0.2) is 0 Å². The smallest absolute Gasteiger partial charge is 0.159 e. The van der Waals surface area contributed by atoms with Crippen molar-refractivity contribution in [3.05, 3.63) is 0 Å². The van der Waals surface area contributed by atoms with E-state index in [1.54, 1.807) is 6.92 Å². The highest BCUT2D eigenvalue weighted by molar-refractivity contribution is 5.12. The number of ether oxygens (including phenoxy) is 1. The Bertz CT molecular complexity index is 172. The maximum atomic E-state index is 9.19. The van der Waals surface area contributed by atoms with Crippen molar-refractivity contribution in [3.8, 4) is 12.3 Å². The van der Waals surface area contributed by atoms with E-state index < -0.39 is 18.0 Å². The molecule has 3 nitrogen and oxygen atoms in total. The van der Waals surface area contributed by atoms with Crippen molar-refractivity contribution in [2.75, 3.05) is 0 Å². The number of hydrogen-bond donors (Lipinski definition) is 2. The lowest BCUT2D eigenvalue weighted by atomic mass is 10.0. The normalized spacial score (nSPS) is 47.0. The zero-order valence-corrected chi connectivity index (χ0v) is 5.74. The molecule has 3 heteroatoms. The number of hydrogen-bond acceptors (Lipinski definition) is 3. The van der Waals surface area contributed by atoms with Crippen LogP contribution in [0.25, 0.3) is 0 Å². The summed E-state index contributed by atoms with van der Waals surface area (Å²) in [5.41, 5.74) is -1.00. The predicted molar refractivity (Wildman–Crippen MR) is 35.0 cm³/mol. The van der Waals surface area contributed by atoms with Crippen LogP contribution in [0.5, 0.6) is 0 Å². The van der Waals surface area contributed by atoms with Gasteiger partial charge in [0.15, 0.2) is 11.9 Å². The topological polar surface area (TPSA) is 49.7 Å². The van der Waals surface area contributed by atoms with E-state index in [0.29, 0.717) is 0 Å². The van der Waals surface area contributed by atoms with Gasteiger partial charge in [0, 0.05) is 6.42 Å². The zero-order valence-electron chi connectivity index (χ0n) is 5.74. The number of terminal acetylenes is 1. The van der Waals surface area contributed by atoms with Crippen LogP contribution in [-0.4, -0.2) is 28.2 Å². The molecule has 0 saturated carbocycles. The third-order valence-corrected chi connectivity index (χ3v) is 1.73. The van der Waals surface area contributed by atoms with Gasteiger partial charge in [0.25, 0.3) is 0 Å². The third kappa shape index (κ3) is 1.01. The summed E-state index contributed by atoms with van der Waals surface area (Å²) in [7, 11) is 0. The van der Waals surface area contributed by atoms with E-state index in [1.807, 2.05) is 0 Å². The standard InChI is InChI=1S/C7H10O3/c1-3-7(2)5(8)4-6(9)10-7/h1,5-6,8-9H,4H2,2H3/t5-,6?,7-/m0/s1. The molecular formula is C7H10O3. The molecule has 0 spiro atoms. The van der Waals surface area contributed by atoms with Crippen LogP contribution in [0.4, 0.5) is 0 Å². The second kappa shape index (κ2) is 2.24. The summed E-state index contributed by atoms with van der Waals surface area (Å²) in [6, 6.07) is 0. The Morgan fingerprint density at radius 2 is 2.30 bits per heavy atom. The van der Waals surface area contributed by atoms with Gasteiger partial charge in [0.2, 0.25) is 0 Å². The van der Waals surface area contributed by atoms with Crippen LogP contribution in [0.2, 0.25) is 0 Å². The van der Waals surface area contributed by atoms with Crippen molar-refractivity contribution in [3.63, 3.8) is 0 Å². The van der Waals surface area contributed by atoms with Crippen molar-refractivity contribution in [2.24, 2.45) is 0 Å². The van der Waals surface area contributed by atoms with Gasteiger partial charge in [-0.2, -0.15) is 0 Å². The van der Waals surface area contributed by atoms with Gasteiger partial charge in [-0.05, 0) is 6.92 Å². The van der Waals surface area contributed by atoms with Crippen molar-refractivity contribution in [1.82, 2.24) is 0 Å². The molecule has 0 bridgehead atoms. The summed E-state index contributed by atoms with van der Waals surface area (Å²) in [6.45, 7) is 1.58. The Labute approximate surface area is 59.6 Å². The summed E-state index contributed by atoms with van der Waals surface area (Å²) in [6.07, 6.45) is 3.59. The van der Waals surface area contributed by atoms with Crippen LogP contribution < -0.4 is 0 Å². The van der Waals surface area contributed by atoms with Crippen molar-refractivity contribution in [1.29, 1.82) is 0 Å². The van der Waals surface area contributed by atoms with Crippen molar-refractivity contribution >= 4 is 0 Å². The van der Waals surface area contributed by atoms with Crippen LogP contribution in [0.3, 0.4) is 0 Å². The highest BCUT2D eigenvalue weighted by Crippen LogP contribution is 2.28. The highest BCUT2D eigenvalue weighted by Gasteiger charge is 2.42. The molecule has 3 atom stereocenters. The van der Waals surface area contributed by atoms with E-state index >= 15 is 0 Å². The molecule has 0 aromatic heterocycles. The maximum Gasteiger partial charge on any atom is 0.159 e. The Morgan fingerprint density at radius 1 is 1.70 bits per heavy atom. The molecule has 0 aromatic carbocycles. The van der Waals surface area contributed by atoms with Crippen molar-refractivity contribution < 1.29 is 14.9 Å². The highest BCUT2D eigenvalue weighted by atomic mass is 16.6. The average molecular weight is 142 g/mol. The zero-order chi connectivity index (χ0) is 7.78. The Morgan fingerprint density at radius 3 is 2.50 bits per heavy atom. The largest absolute Gasteiger partial charge is 0.389 e. The third-order valence-electron chi connectivity index (χ3n) is 1.73. The van der Waals surface area contributed by atoms with Gasteiger partial charge in [0.05, 0.1) is 6.10 Å². The SMILES string of the molecule is C#C[C@]1(C)OC(O)C[C@@H]1O. The molecule has 1 aliphatic heterocycles. The summed E-state index contributed by atoms with van der Waals surface area (Å²) in [4.78, 5) is 0. The second-order valence-electron chi connectivity index (χ2n) is 2.58. The molecule has 0 radical (unpaired) electrons. The second-order valence-corrected chi connectivity index (χ2v) is 2.58. The van der Waals surface area contributed by atoms with E-state index in [4.69, 9.17) is 16.3 Å². The lowest BCUT2D eigenvalue weighted by Crippen LogP contribution is -2.33. The summed E-state index contributed by atoms with van der Waals surface area (Å²) < 4.78 is 4.88.